The third-order valence-corrected chi connectivity index (χ3v) is 3.11. The molecular formula is C11H23N5OS. The van der Waals surface area contributed by atoms with Crippen molar-refractivity contribution < 1.29 is 4.74 Å². The summed E-state index contributed by atoms with van der Waals surface area (Å²) < 4.78 is 7.32. The van der Waals surface area contributed by atoms with Crippen LogP contribution in [-0.2, 0) is 11.3 Å². The molecule has 0 atom stereocenters. The molecule has 0 saturated heterocycles. The lowest BCUT2D eigenvalue weighted by molar-refractivity contribution is 0.0920. The van der Waals surface area contributed by atoms with Crippen LogP contribution in [0, 0.1) is 0 Å². The monoisotopic (exact) mass is 273 g/mol. The van der Waals surface area contributed by atoms with Crippen LogP contribution in [0.25, 0.3) is 0 Å². The maximum absolute atomic E-state index is 5.48. The van der Waals surface area contributed by atoms with Crippen molar-refractivity contribution in [1.29, 1.82) is 0 Å². The van der Waals surface area contributed by atoms with Gasteiger partial charge in [-0.3, -0.25) is 0 Å². The van der Waals surface area contributed by atoms with Gasteiger partial charge in [-0.15, -0.1) is 5.10 Å². The van der Waals surface area contributed by atoms with Crippen molar-refractivity contribution in [3.05, 3.63) is 0 Å². The second-order valence-corrected chi connectivity index (χ2v) is 5.26. The number of ether oxygens (including phenoxy) is 1. The summed E-state index contributed by atoms with van der Waals surface area (Å²) in [5.74, 6) is 0.876. The van der Waals surface area contributed by atoms with Gasteiger partial charge in [0.25, 0.3) is 0 Å². The summed E-state index contributed by atoms with van der Waals surface area (Å²) in [4.78, 5) is 0. The molecule has 0 bridgehead atoms. The van der Waals surface area contributed by atoms with Gasteiger partial charge >= 0.3 is 0 Å². The van der Waals surface area contributed by atoms with E-state index in [9.17, 15) is 0 Å². The van der Waals surface area contributed by atoms with Crippen molar-refractivity contribution in [3.63, 3.8) is 0 Å². The van der Waals surface area contributed by atoms with Crippen LogP contribution in [0.1, 0.15) is 27.2 Å². The lowest BCUT2D eigenvalue weighted by Crippen LogP contribution is -2.21. The van der Waals surface area contributed by atoms with Crippen LogP contribution in [-0.4, -0.2) is 51.8 Å². The van der Waals surface area contributed by atoms with Gasteiger partial charge in [0.05, 0.1) is 19.3 Å². The van der Waals surface area contributed by atoms with E-state index in [1.807, 2.05) is 18.5 Å². The van der Waals surface area contributed by atoms with Crippen LogP contribution < -0.4 is 5.32 Å². The molecule has 0 fully saturated rings. The van der Waals surface area contributed by atoms with Gasteiger partial charge in [0.15, 0.2) is 0 Å². The second-order valence-electron chi connectivity index (χ2n) is 4.20. The maximum atomic E-state index is 5.48. The highest BCUT2D eigenvalue weighted by atomic mass is 32.2. The molecule has 0 saturated carbocycles. The van der Waals surface area contributed by atoms with Crippen LogP contribution in [0.15, 0.2) is 5.16 Å². The Labute approximate surface area is 113 Å². The molecule has 1 aromatic rings. The summed E-state index contributed by atoms with van der Waals surface area (Å²) in [5.41, 5.74) is 0. The zero-order valence-electron chi connectivity index (χ0n) is 11.4. The Morgan fingerprint density at radius 2 is 2.22 bits per heavy atom. The molecule has 7 heteroatoms. The molecule has 104 valence electrons. The molecule has 1 rings (SSSR count). The van der Waals surface area contributed by atoms with E-state index in [4.69, 9.17) is 4.74 Å². The first-order chi connectivity index (χ1) is 8.74. The average Bonchev–Trinajstić information content (AvgIpc) is 2.78. The summed E-state index contributed by atoms with van der Waals surface area (Å²) >= 11 is 1.63. The summed E-state index contributed by atoms with van der Waals surface area (Å²) in [5, 5.41) is 15.9. The molecule has 0 unspecified atom stereocenters. The average molecular weight is 273 g/mol. The highest BCUT2D eigenvalue weighted by Gasteiger charge is 2.06. The number of aromatic nitrogens is 4. The van der Waals surface area contributed by atoms with E-state index < -0.39 is 0 Å². The molecular weight excluding hydrogens is 250 g/mol. The van der Waals surface area contributed by atoms with E-state index >= 15 is 0 Å². The van der Waals surface area contributed by atoms with Crippen LogP contribution in [0.4, 0.5) is 0 Å². The van der Waals surface area contributed by atoms with Crippen LogP contribution in [0.2, 0.25) is 0 Å². The number of hydrogen-bond acceptors (Lipinski definition) is 6. The van der Waals surface area contributed by atoms with Crippen molar-refractivity contribution in [2.75, 3.05) is 25.4 Å². The number of tetrazole rings is 1. The molecule has 1 N–H and O–H groups in total. The first kappa shape index (κ1) is 15.4. The van der Waals surface area contributed by atoms with Crippen LogP contribution in [0.5, 0.6) is 0 Å². The molecule has 0 aliphatic heterocycles. The van der Waals surface area contributed by atoms with Gasteiger partial charge in [-0.1, -0.05) is 18.7 Å². The minimum atomic E-state index is 0.278. The fraction of sp³-hybridized carbons (Fsp3) is 0.909. The Kier molecular flexibility index (Phi) is 7.95. The number of thioether (sulfide) groups is 1. The van der Waals surface area contributed by atoms with Crippen LogP contribution in [0.3, 0.4) is 0 Å². The van der Waals surface area contributed by atoms with Gasteiger partial charge < -0.3 is 10.1 Å². The SMILES string of the molecule is CCCNCCn1nnnc1SCCOC(C)C. The van der Waals surface area contributed by atoms with E-state index in [2.05, 4.69) is 27.8 Å². The number of nitrogens with one attached hydrogen (secondary N) is 1. The van der Waals surface area contributed by atoms with E-state index in [1.165, 1.54) is 0 Å². The third-order valence-electron chi connectivity index (χ3n) is 2.19. The van der Waals surface area contributed by atoms with Crippen molar-refractivity contribution in [1.82, 2.24) is 25.5 Å². The smallest absolute Gasteiger partial charge is 0.209 e. The number of hydrogen-bond donors (Lipinski definition) is 1. The molecule has 0 aliphatic rings. The summed E-state index contributed by atoms with van der Waals surface area (Å²) in [6.45, 7) is 9.69. The number of nitrogens with zero attached hydrogens (tertiary/aromatic N) is 4. The summed E-state index contributed by atoms with van der Waals surface area (Å²) in [6, 6.07) is 0. The third kappa shape index (κ3) is 6.32. The Morgan fingerprint density at radius 1 is 1.39 bits per heavy atom. The topological polar surface area (TPSA) is 64.9 Å². The fourth-order valence-electron chi connectivity index (χ4n) is 1.34. The van der Waals surface area contributed by atoms with Gasteiger partial charge in [-0.05, 0) is 37.2 Å². The molecule has 0 aliphatic carbocycles. The summed E-state index contributed by atoms with van der Waals surface area (Å²) in [6.07, 6.45) is 1.42. The second kappa shape index (κ2) is 9.29. The zero-order chi connectivity index (χ0) is 13.2. The minimum absolute atomic E-state index is 0.278. The Balaban J connectivity index is 2.22. The molecule has 0 amide bonds. The Morgan fingerprint density at radius 3 is 2.94 bits per heavy atom. The lowest BCUT2D eigenvalue weighted by atomic mass is 10.5. The predicted molar refractivity (Wildman–Crippen MR) is 72.8 cm³/mol. The van der Waals surface area contributed by atoms with E-state index in [1.54, 1.807) is 11.8 Å². The first-order valence-electron chi connectivity index (χ1n) is 6.45. The quantitative estimate of drug-likeness (QED) is 0.510. The van der Waals surface area contributed by atoms with Gasteiger partial charge in [0.1, 0.15) is 0 Å². The molecule has 18 heavy (non-hydrogen) atoms. The predicted octanol–water partition coefficient (Wildman–Crippen LogP) is 1.19. The van der Waals surface area contributed by atoms with Crippen molar-refractivity contribution in [2.45, 2.75) is 45.0 Å². The molecule has 1 aromatic heterocycles. The van der Waals surface area contributed by atoms with Gasteiger partial charge in [0, 0.05) is 12.3 Å². The molecule has 0 radical (unpaired) electrons. The maximum Gasteiger partial charge on any atom is 0.209 e. The Hall–Kier alpha value is -0.660. The first-order valence-corrected chi connectivity index (χ1v) is 7.44. The van der Waals surface area contributed by atoms with Gasteiger partial charge in [-0.2, -0.15) is 0 Å². The van der Waals surface area contributed by atoms with Crippen molar-refractivity contribution in [2.24, 2.45) is 0 Å². The van der Waals surface area contributed by atoms with E-state index in [0.29, 0.717) is 0 Å². The molecule has 1 heterocycles. The van der Waals surface area contributed by atoms with Crippen LogP contribution >= 0.6 is 11.8 Å². The highest BCUT2D eigenvalue weighted by Crippen LogP contribution is 2.12. The Bertz CT molecular complexity index is 318. The van der Waals surface area contributed by atoms with E-state index in [0.717, 1.165) is 43.6 Å². The molecule has 0 aromatic carbocycles. The van der Waals surface area contributed by atoms with Crippen molar-refractivity contribution >= 4 is 11.8 Å². The largest absolute Gasteiger partial charge is 0.378 e. The van der Waals surface area contributed by atoms with E-state index in [-0.39, 0.29) is 6.10 Å². The fourth-order valence-corrected chi connectivity index (χ4v) is 2.08. The van der Waals surface area contributed by atoms with Gasteiger partial charge in [0.2, 0.25) is 5.16 Å². The molecule has 6 nitrogen and oxygen atoms in total. The zero-order valence-corrected chi connectivity index (χ0v) is 12.2. The minimum Gasteiger partial charge on any atom is -0.378 e. The highest BCUT2D eigenvalue weighted by molar-refractivity contribution is 7.99. The molecule has 0 spiro atoms. The van der Waals surface area contributed by atoms with Crippen molar-refractivity contribution in [3.8, 4) is 0 Å². The number of rotatable bonds is 10. The van der Waals surface area contributed by atoms with Gasteiger partial charge in [-0.25, -0.2) is 4.68 Å². The lowest BCUT2D eigenvalue weighted by Gasteiger charge is -2.07. The summed E-state index contributed by atoms with van der Waals surface area (Å²) in [7, 11) is 0. The normalized spacial score (nSPS) is 11.3. The standard InChI is InChI=1S/C11H23N5OS/c1-4-5-12-6-7-16-11(13-14-15-16)18-9-8-17-10(2)3/h10,12H,4-9H2,1-3H3.